The molecule has 2 N–H and O–H groups in total. The van der Waals surface area contributed by atoms with Crippen LogP contribution in [0.2, 0.25) is 0 Å². The largest absolute Gasteiger partial charge is 0.462 e. The predicted molar refractivity (Wildman–Crippen MR) is 95.7 cm³/mol. The summed E-state index contributed by atoms with van der Waals surface area (Å²) >= 11 is 0. The zero-order chi connectivity index (χ0) is 17.7. The van der Waals surface area contributed by atoms with Crippen LogP contribution in [-0.2, 0) is 4.74 Å². The standard InChI is InChI=1S/C19H24N2O3/c1-5-17(20-4)14-6-7-18-15(9-14)16(8-13(3)21-18)19(23)24-11-12(2)10-22/h5-9,12,20,22H,10-11H2,1-4H3/b17-5-. The number of hydrogen-bond donors (Lipinski definition) is 2. The van der Waals surface area contributed by atoms with Crippen molar-refractivity contribution in [2.75, 3.05) is 20.3 Å². The molecule has 0 radical (unpaired) electrons. The van der Waals surface area contributed by atoms with Crippen LogP contribution in [0.25, 0.3) is 16.6 Å². The predicted octanol–water partition coefficient (Wildman–Crippen LogP) is 2.91. The highest BCUT2D eigenvalue weighted by Crippen LogP contribution is 2.24. The molecule has 0 spiro atoms. The molecule has 0 saturated heterocycles. The van der Waals surface area contributed by atoms with E-state index in [1.165, 1.54) is 0 Å². The van der Waals surface area contributed by atoms with Gasteiger partial charge >= 0.3 is 5.97 Å². The second-order valence-corrected chi connectivity index (χ2v) is 5.88. The third-order valence-corrected chi connectivity index (χ3v) is 3.84. The second-order valence-electron chi connectivity index (χ2n) is 5.88. The summed E-state index contributed by atoms with van der Waals surface area (Å²) in [5.74, 6) is -0.480. The van der Waals surface area contributed by atoms with E-state index in [1.807, 2.05) is 52.1 Å². The van der Waals surface area contributed by atoms with Crippen molar-refractivity contribution in [1.29, 1.82) is 0 Å². The van der Waals surface area contributed by atoms with Crippen LogP contribution in [0.3, 0.4) is 0 Å². The molecule has 0 saturated carbocycles. The number of benzene rings is 1. The molecule has 1 aromatic carbocycles. The fourth-order valence-electron chi connectivity index (χ4n) is 2.50. The van der Waals surface area contributed by atoms with E-state index in [1.54, 1.807) is 6.07 Å². The molecule has 1 atom stereocenters. The number of aliphatic hydroxyl groups excluding tert-OH is 1. The van der Waals surface area contributed by atoms with E-state index in [2.05, 4.69) is 10.3 Å². The molecular formula is C19H24N2O3. The van der Waals surface area contributed by atoms with Gasteiger partial charge in [-0.1, -0.05) is 19.1 Å². The van der Waals surface area contributed by atoms with E-state index in [4.69, 9.17) is 9.84 Å². The third-order valence-electron chi connectivity index (χ3n) is 3.84. The van der Waals surface area contributed by atoms with Gasteiger partial charge in [-0.15, -0.1) is 0 Å². The number of carbonyl (C=O) groups is 1. The van der Waals surface area contributed by atoms with Crippen LogP contribution in [0.15, 0.2) is 30.3 Å². The number of esters is 1. The number of ether oxygens (including phenoxy) is 1. The molecule has 2 rings (SSSR count). The lowest BCUT2D eigenvalue weighted by atomic mass is 10.0. The minimum absolute atomic E-state index is 0.0135. The Morgan fingerprint density at radius 1 is 1.42 bits per heavy atom. The highest BCUT2D eigenvalue weighted by Gasteiger charge is 2.15. The summed E-state index contributed by atoms with van der Waals surface area (Å²) in [6.45, 7) is 5.81. The maximum absolute atomic E-state index is 12.5. The van der Waals surface area contributed by atoms with E-state index in [0.717, 1.165) is 27.9 Å². The lowest BCUT2D eigenvalue weighted by Gasteiger charge is -2.13. The van der Waals surface area contributed by atoms with Gasteiger partial charge in [0.2, 0.25) is 0 Å². The van der Waals surface area contributed by atoms with Gasteiger partial charge in [0.25, 0.3) is 0 Å². The number of allylic oxidation sites excluding steroid dienone is 1. The number of hydrogen-bond acceptors (Lipinski definition) is 5. The molecule has 2 aromatic rings. The Labute approximate surface area is 142 Å². The van der Waals surface area contributed by atoms with Crippen LogP contribution in [0.4, 0.5) is 0 Å². The molecule has 1 aromatic heterocycles. The Morgan fingerprint density at radius 3 is 2.79 bits per heavy atom. The number of aryl methyl sites for hydroxylation is 1. The summed E-state index contributed by atoms with van der Waals surface area (Å²) in [5, 5.41) is 13.0. The number of fused-ring (bicyclic) bond motifs is 1. The van der Waals surface area contributed by atoms with Gasteiger partial charge in [-0.05, 0) is 37.6 Å². The molecule has 1 heterocycles. The first-order valence-electron chi connectivity index (χ1n) is 8.04. The Bertz CT molecular complexity index is 769. The van der Waals surface area contributed by atoms with Crippen molar-refractivity contribution in [3.05, 3.63) is 47.2 Å². The molecule has 0 fully saturated rings. The summed E-state index contributed by atoms with van der Waals surface area (Å²) in [5.41, 5.74) is 3.97. The molecule has 0 aliphatic heterocycles. The van der Waals surface area contributed by atoms with Crippen LogP contribution >= 0.6 is 0 Å². The lowest BCUT2D eigenvalue weighted by molar-refractivity contribution is 0.0407. The highest BCUT2D eigenvalue weighted by atomic mass is 16.5. The first kappa shape index (κ1) is 17.9. The van der Waals surface area contributed by atoms with Gasteiger partial charge in [-0.2, -0.15) is 0 Å². The normalized spacial score (nSPS) is 13.0. The van der Waals surface area contributed by atoms with Gasteiger partial charge in [0.15, 0.2) is 0 Å². The summed E-state index contributed by atoms with van der Waals surface area (Å²) in [7, 11) is 1.86. The van der Waals surface area contributed by atoms with Gasteiger partial charge in [0.05, 0.1) is 17.7 Å². The van der Waals surface area contributed by atoms with E-state index in [9.17, 15) is 4.79 Å². The Hall–Kier alpha value is -2.40. The SMILES string of the molecule is C/C=C(\NC)c1ccc2nc(C)cc(C(=O)OCC(C)CO)c2c1. The summed E-state index contributed by atoms with van der Waals surface area (Å²) in [4.78, 5) is 17.0. The number of rotatable bonds is 6. The van der Waals surface area contributed by atoms with Crippen molar-refractivity contribution in [1.82, 2.24) is 10.3 Å². The molecule has 128 valence electrons. The Balaban J connectivity index is 2.47. The molecule has 5 heteroatoms. The van der Waals surface area contributed by atoms with Crippen molar-refractivity contribution in [2.45, 2.75) is 20.8 Å². The summed E-state index contributed by atoms with van der Waals surface area (Å²) in [6, 6.07) is 7.57. The Kier molecular flexibility index (Phi) is 5.93. The van der Waals surface area contributed by atoms with E-state index in [-0.39, 0.29) is 19.1 Å². The number of nitrogens with zero attached hydrogens (tertiary/aromatic N) is 1. The van der Waals surface area contributed by atoms with Crippen molar-refractivity contribution in [3.8, 4) is 0 Å². The van der Waals surface area contributed by atoms with Crippen LogP contribution < -0.4 is 5.32 Å². The zero-order valence-corrected chi connectivity index (χ0v) is 14.6. The van der Waals surface area contributed by atoms with Crippen LogP contribution in [-0.4, -0.2) is 36.3 Å². The Morgan fingerprint density at radius 2 is 2.17 bits per heavy atom. The number of aliphatic hydroxyl groups is 1. The topological polar surface area (TPSA) is 71.5 Å². The first-order valence-corrected chi connectivity index (χ1v) is 8.04. The number of carbonyl (C=O) groups excluding carboxylic acids is 1. The molecule has 1 unspecified atom stereocenters. The minimum Gasteiger partial charge on any atom is -0.462 e. The second kappa shape index (κ2) is 7.93. The quantitative estimate of drug-likeness (QED) is 0.798. The van der Waals surface area contributed by atoms with Gasteiger partial charge in [-0.25, -0.2) is 4.79 Å². The van der Waals surface area contributed by atoms with Crippen LogP contribution in [0.1, 0.15) is 35.5 Å². The fourth-order valence-corrected chi connectivity index (χ4v) is 2.50. The number of aromatic nitrogens is 1. The molecule has 5 nitrogen and oxygen atoms in total. The highest BCUT2D eigenvalue weighted by molar-refractivity contribution is 6.04. The maximum atomic E-state index is 12.5. The molecule has 0 bridgehead atoms. The third kappa shape index (κ3) is 3.92. The van der Waals surface area contributed by atoms with E-state index < -0.39 is 5.97 Å². The number of pyridine rings is 1. The van der Waals surface area contributed by atoms with E-state index >= 15 is 0 Å². The smallest absolute Gasteiger partial charge is 0.338 e. The molecule has 0 aliphatic carbocycles. The van der Waals surface area contributed by atoms with E-state index in [0.29, 0.717) is 5.56 Å². The zero-order valence-electron chi connectivity index (χ0n) is 14.6. The van der Waals surface area contributed by atoms with Crippen molar-refractivity contribution < 1.29 is 14.6 Å². The van der Waals surface area contributed by atoms with Gasteiger partial charge < -0.3 is 15.2 Å². The minimum atomic E-state index is -0.394. The first-order chi connectivity index (χ1) is 11.5. The van der Waals surface area contributed by atoms with Crippen LogP contribution in [0, 0.1) is 12.8 Å². The average Bonchev–Trinajstić information content (AvgIpc) is 2.59. The van der Waals surface area contributed by atoms with Crippen molar-refractivity contribution in [3.63, 3.8) is 0 Å². The van der Waals surface area contributed by atoms with Gasteiger partial charge in [0.1, 0.15) is 0 Å². The summed E-state index contributed by atoms with van der Waals surface area (Å²) in [6.07, 6.45) is 1.98. The van der Waals surface area contributed by atoms with Gasteiger partial charge in [0, 0.05) is 36.3 Å². The van der Waals surface area contributed by atoms with Gasteiger partial charge in [-0.3, -0.25) is 4.98 Å². The van der Waals surface area contributed by atoms with Crippen LogP contribution in [0.5, 0.6) is 0 Å². The molecule has 0 aliphatic rings. The number of nitrogens with one attached hydrogen (secondary N) is 1. The maximum Gasteiger partial charge on any atom is 0.338 e. The molecule has 0 amide bonds. The van der Waals surface area contributed by atoms with Crippen molar-refractivity contribution in [2.24, 2.45) is 5.92 Å². The molecular weight excluding hydrogens is 304 g/mol. The summed E-state index contributed by atoms with van der Waals surface area (Å²) < 4.78 is 5.34. The monoisotopic (exact) mass is 328 g/mol. The average molecular weight is 328 g/mol. The molecule has 24 heavy (non-hydrogen) atoms. The van der Waals surface area contributed by atoms with Crippen molar-refractivity contribution >= 4 is 22.6 Å². The lowest BCUT2D eigenvalue weighted by Crippen LogP contribution is -2.15. The fraction of sp³-hybridized carbons (Fsp3) is 0.368.